The molecule has 3 aliphatic heterocycles. The lowest BCUT2D eigenvalue weighted by molar-refractivity contribution is -0.0567. The van der Waals surface area contributed by atoms with Crippen LogP contribution >= 0.6 is 16.5 Å². The van der Waals surface area contributed by atoms with Gasteiger partial charge in [0.2, 0.25) is 5.95 Å². The van der Waals surface area contributed by atoms with E-state index < -0.39 is 77.8 Å². The molecule has 232 valence electrons. The Morgan fingerprint density at radius 3 is 2.34 bits per heavy atom. The van der Waals surface area contributed by atoms with Gasteiger partial charge in [-0.1, -0.05) is 0 Å². The van der Waals surface area contributed by atoms with Crippen molar-refractivity contribution in [3.05, 3.63) is 29.3 Å². The topological polar surface area (TPSA) is 258 Å². The van der Waals surface area contributed by atoms with Crippen LogP contribution in [0.15, 0.2) is 23.8 Å². The van der Waals surface area contributed by atoms with E-state index in [2.05, 4.69) is 29.9 Å². The Morgan fingerprint density at radius 2 is 1.59 bits per heavy atom. The molecule has 44 heavy (non-hydrogen) atoms. The fourth-order valence-electron chi connectivity index (χ4n) is 5.36. The van der Waals surface area contributed by atoms with Crippen molar-refractivity contribution >= 4 is 50.6 Å². The molecule has 20 nitrogen and oxygen atoms in total. The number of imidazole rings is 2. The zero-order valence-corrected chi connectivity index (χ0v) is 24.2. The summed E-state index contributed by atoms with van der Waals surface area (Å²) in [6, 6.07) is 0. The lowest BCUT2D eigenvalue weighted by Gasteiger charge is -2.18. The van der Waals surface area contributed by atoms with Crippen LogP contribution in [0.25, 0.3) is 22.3 Å². The third-order valence-corrected chi connectivity index (χ3v) is 8.87. The van der Waals surface area contributed by atoms with Crippen LogP contribution in [0.3, 0.4) is 0 Å². The Hall–Kier alpha value is -3.65. The maximum Gasteiger partial charge on any atom is 0.698 e. The second kappa shape index (κ2) is 11.4. The number of hydrogen-bond acceptors (Lipinski definition) is 17. The predicted molar refractivity (Wildman–Crippen MR) is 143 cm³/mol. The molecule has 0 aromatic carbocycles. The van der Waals surface area contributed by atoms with Crippen LogP contribution in [0.5, 0.6) is 0 Å². The summed E-state index contributed by atoms with van der Waals surface area (Å²) in [6.45, 7) is -0.893. The van der Waals surface area contributed by atoms with Gasteiger partial charge >= 0.3 is 16.5 Å². The van der Waals surface area contributed by atoms with Crippen LogP contribution < -0.4 is 17.0 Å². The first-order valence-corrected chi connectivity index (χ1v) is 15.1. The molecule has 10 unspecified atom stereocenters. The van der Waals surface area contributed by atoms with Gasteiger partial charge in [-0.05, 0) is 0 Å². The van der Waals surface area contributed by atoms with Crippen molar-refractivity contribution in [3.8, 4) is 0 Å². The summed E-state index contributed by atoms with van der Waals surface area (Å²) in [6.07, 6.45) is -6.50. The molecular weight excluding hydrogens is 633 g/mol. The molecule has 23 heteroatoms. The number of nitrogen functional groups attached to an aromatic ring is 2. The van der Waals surface area contributed by atoms with Crippen molar-refractivity contribution in [3.63, 3.8) is 0 Å². The number of ether oxygens (including phenoxy) is 3. The molecule has 4 aromatic rings. The fourth-order valence-corrected chi connectivity index (χ4v) is 6.89. The molecule has 7 rings (SSSR count). The van der Waals surface area contributed by atoms with E-state index in [0.717, 1.165) is 0 Å². The maximum absolute atomic E-state index is 15.8. The fraction of sp³-hybridized carbons (Fsp3) is 0.524. The molecule has 7 heterocycles. The van der Waals surface area contributed by atoms with Gasteiger partial charge in [0, 0.05) is 16.2 Å². The van der Waals surface area contributed by atoms with Gasteiger partial charge in [0.1, 0.15) is 43.4 Å². The Labute approximate surface area is 246 Å². The number of nitrogens with zero attached hydrogens (tertiary/aromatic N) is 7. The summed E-state index contributed by atoms with van der Waals surface area (Å²) < 4.78 is 84.2. The van der Waals surface area contributed by atoms with Crippen LogP contribution in [0.1, 0.15) is 12.5 Å². The Balaban J connectivity index is 1.17. The molecule has 3 aliphatic rings. The van der Waals surface area contributed by atoms with Crippen LogP contribution in [-0.4, -0.2) is 96.1 Å². The predicted octanol–water partition coefficient (Wildman–Crippen LogP) is 0.404. The van der Waals surface area contributed by atoms with Gasteiger partial charge in [-0.3, -0.25) is 18.9 Å². The minimum atomic E-state index is -2.95. The molecule has 5 N–H and O–H groups in total. The third kappa shape index (κ3) is 4.91. The number of fused-ring (bicyclic) bond motifs is 5. The summed E-state index contributed by atoms with van der Waals surface area (Å²) in [4.78, 5) is 35.0. The van der Waals surface area contributed by atoms with Gasteiger partial charge in [-0.25, -0.2) is 24.3 Å². The van der Waals surface area contributed by atoms with Gasteiger partial charge < -0.3 is 25.7 Å². The molecular formula is C21H23FN10O10P2+2. The Kier molecular flexibility index (Phi) is 7.51. The highest BCUT2D eigenvalue weighted by molar-refractivity contribution is 7.33. The SMILES string of the molecule is COC1C2CO[P+](=O)OC3C(CO[P+](=O)OC1C(n1cnc4c(=O)[nH]c(N)nc41)O2)OC(n1cnc2c(N)ncnc21)C3F. The lowest BCUT2D eigenvalue weighted by Crippen LogP contribution is -2.36. The molecule has 0 saturated carbocycles. The molecule has 0 radical (unpaired) electrons. The quantitative estimate of drug-likeness (QED) is 0.252. The monoisotopic (exact) mass is 656 g/mol. The highest BCUT2D eigenvalue weighted by Crippen LogP contribution is 2.45. The molecule has 0 amide bonds. The highest BCUT2D eigenvalue weighted by Gasteiger charge is 2.57. The average molecular weight is 656 g/mol. The first-order chi connectivity index (χ1) is 21.2. The number of alkyl halides is 1. The number of hydrogen-bond donors (Lipinski definition) is 3. The van der Waals surface area contributed by atoms with E-state index in [0.29, 0.717) is 0 Å². The van der Waals surface area contributed by atoms with E-state index in [4.69, 9.17) is 43.8 Å². The van der Waals surface area contributed by atoms with Gasteiger partial charge in [-0.15, -0.1) is 18.1 Å². The van der Waals surface area contributed by atoms with Crippen LogP contribution in [-0.2, 0) is 41.4 Å². The van der Waals surface area contributed by atoms with E-state index >= 15 is 4.39 Å². The molecule has 4 aromatic heterocycles. The number of methoxy groups -OCH3 is 1. The minimum Gasteiger partial charge on any atom is -0.382 e. The van der Waals surface area contributed by atoms with Crippen LogP contribution in [0, 0.1) is 0 Å². The van der Waals surface area contributed by atoms with E-state index in [1.165, 1.54) is 35.2 Å². The smallest absolute Gasteiger partial charge is 0.382 e. The number of anilines is 2. The van der Waals surface area contributed by atoms with Crippen molar-refractivity contribution in [2.24, 2.45) is 0 Å². The number of aromatic amines is 1. The number of nitrogens with one attached hydrogen (secondary N) is 1. The van der Waals surface area contributed by atoms with Crippen molar-refractivity contribution in [2.45, 2.75) is 49.1 Å². The normalized spacial score (nSPS) is 33.2. The van der Waals surface area contributed by atoms with E-state index in [9.17, 15) is 13.9 Å². The van der Waals surface area contributed by atoms with E-state index in [1.54, 1.807) is 0 Å². The number of aromatic nitrogens is 8. The first kappa shape index (κ1) is 29.1. The summed E-state index contributed by atoms with van der Waals surface area (Å²) in [5, 5.41) is 0. The standard InChI is InChI=1S/C21H22FN10O10P2/c1-36-13-8-3-38-43(34)41-12-7(39-19(9(12)22)31-5-27-10-15(23)25-4-26-16(10)31)2-37-44(35)42-14(13)20(40-8)32-6-28-11-17(32)29-21(24)30-18(11)33/h4-9,12-14,19-20H,2-3H2,1H3,(H4-,23,24,25,26,29,30,33)/q+1/p+1. The van der Waals surface area contributed by atoms with Gasteiger partial charge in [-0.2, -0.15) is 4.98 Å². The lowest BCUT2D eigenvalue weighted by atomic mass is 10.1. The average Bonchev–Trinajstić information content (AvgIpc) is 3.75. The van der Waals surface area contributed by atoms with E-state index in [-0.39, 0.29) is 40.7 Å². The summed E-state index contributed by atoms with van der Waals surface area (Å²) >= 11 is 0. The largest absolute Gasteiger partial charge is 0.698 e. The minimum absolute atomic E-state index is 0.0405. The Bertz CT molecular complexity index is 1820. The van der Waals surface area contributed by atoms with E-state index in [1.807, 2.05) is 0 Å². The third-order valence-electron chi connectivity index (χ3n) is 7.31. The van der Waals surface area contributed by atoms with Crippen molar-refractivity contribution < 1.29 is 45.8 Å². The van der Waals surface area contributed by atoms with Gasteiger partial charge in [0.25, 0.3) is 5.56 Å². The maximum atomic E-state index is 15.8. The van der Waals surface area contributed by atoms with Crippen LogP contribution in [0.2, 0.25) is 0 Å². The number of nitrogens with two attached hydrogens (primary N) is 2. The zero-order valence-electron chi connectivity index (χ0n) is 22.4. The van der Waals surface area contributed by atoms with Crippen molar-refractivity contribution in [1.29, 1.82) is 0 Å². The molecule has 3 saturated heterocycles. The Morgan fingerprint density at radius 1 is 0.932 bits per heavy atom. The first-order valence-electron chi connectivity index (χ1n) is 12.9. The zero-order chi connectivity index (χ0) is 30.7. The van der Waals surface area contributed by atoms with Gasteiger partial charge in [0.15, 0.2) is 53.5 Å². The molecule has 2 bridgehead atoms. The van der Waals surface area contributed by atoms with Gasteiger partial charge in [0.05, 0.1) is 12.7 Å². The molecule has 3 fully saturated rings. The second-order valence-corrected chi connectivity index (χ2v) is 11.6. The van der Waals surface area contributed by atoms with Crippen LogP contribution in [0.4, 0.5) is 16.2 Å². The summed E-state index contributed by atoms with van der Waals surface area (Å²) in [7, 11) is -4.53. The van der Waals surface area contributed by atoms with Crippen molar-refractivity contribution in [2.75, 3.05) is 31.8 Å². The summed E-state index contributed by atoms with van der Waals surface area (Å²) in [5.74, 6) is -0.0991. The highest BCUT2D eigenvalue weighted by atomic mass is 31.1. The number of H-pyrrole nitrogens is 1. The molecule has 10 atom stereocenters. The molecule has 0 aliphatic carbocycles. The van der Waals surface area contributed by atoms with Crippen molar-refractivity contribution in [1.82, 2.24) is 39.0 Å². The number of rotatable bonds is 3. The number of halogens is 1. The molecule has 0 spiro atoms. The second-order valence-electron chi connectivity index (χ2n) is 9.81. The summed E-state index contributed by atoms with van der Waals surface area (Å²) in [5.41, 5.74) is 11.4.